The van der Waals surface area contributed by atoms with E-state index >= 15 is 0 Å². The zero-order chi connectivity index (χ0) is 10.0. The van der Waals surface area contributed by atoms with E-state index in [0.29, 0.717) is 19.4 Å². The van der Waals surface area contributed by atoms with E-state index in [1.165, 1.54) is 5.56 Å². The molecule has 2 heteroatoms. The van der Waals surface area contributed by atoms with E-state index in [2.05, 4.69) is 0 Å². The van der Waals surface area contributed by atoms with Crippen molar-refractivity contribution in [2.45, 2.75) is 31.4 Å². The average molecular weight is 193 g/mol. The molecule has 76 valence electrons. The lowest BCUT2D eigenvalue weighted by molar-refractivity contribution is 0.317. The van der Waals surface area contributed by atoms with Crippen molar-refractivity contribution in [1.82, 2.24) is 0 Å². The van der Waals surface area contributed by atoms with Gasteiger partial charge in [0.1, 0.15) is 5.67 Å². The third-order valence-corrected chi connectivity index (χ3v) is 2.80. The van der Waals surface area contributed by atoms with Gasteiger partial charge in [0, 0.05) is 0 Å². The molecule has 0 saturated heterocycles. The highest BCUT2D eigenvalue weighted by molar-refractivity contribution is 5.31. The second-order valence-corrected chi connectivity index (χ2v) is 4.06. The number of nitrogens with two attached hydrogens (primary N) is 1. The van der Waals surface area contributed by atoms with Gasteiger partial charge < -0.3 is 5.73 Å². The molecule has 1 aliphatic carbocycles. The smallest absolute Gasteiger partial charge is 0.136 e. The molecule has 1 aliphatic rings. The third kappa shape index (κ3) is 1.95. The van der Waals surface area contributed by atoms with Crippen molar-refractivity contribution in [2.75, 3.05) is 6.54 Å². The summed E-state index contributed by atoms with van der Waals surface area (Å²) in [5.41, 5.74) is 6.50. The first-order valence-corrected chi connectivity index (χ1v) is 5.23. The molecule has 2 N–H and O–H groups in total. The lowest BCUT2D eigenvalue weighted by Gasteiger charge is -2.07. The molecular formula is C12H16FN. The van der Waals surface area contributed by atoms with Gasteiger partial charge in [0.2, 0.25) is 0 Å². The van der Waals surface area contributed by atoms with Gasteiger partial charge in [0.15, 0.2) is 0 Å². The SMILES string of the molecule is NCCCc1cccc(C2(F)CC2)c1. The Morgan fingerprint density at radius 1 is 1.36 bits per heavy atom. The van der Waals surface area contributed by atoms with Crippen molar-refractivity contribution in [3.05, 3.63) is 35.4 Å². The topological polar surface area (TPSA) is 26.0 Å². The monoisotopic (exact) mass is 193 g/mol. The van der Waals surface area contributed by atoms with Crippen LogP contribution in [0, 0.1) is 0 Å². The summed E-state index contributed by atoms with van der Waals surface area (Å²) in [7, 11) is 0. The molecule has 0 spiro atoms. The normalized spacial score (nSPS) is 18.1. The molecule has 0 unspecified atom stereocenters. The predicted molar refractivity (Wildman–Crippen MR) is 55.8 cm³/mol. The van der Waals surface area contributed by atoms with Gasteiger partial charge in [-0.1, -0.05) is 24.3 Å². The Morgan fingerprint density at radius 2 is 2.14 bits per heavy atom. The molecule has 0 heterocycles. The lowest BCUT2D eigenvalue weighted by Crippen LogP contribution is -2.02. The van der Waals surface area contributed by atoms with E-state index in [4.69, 9.17) is 5.73 Å². The Bertz CT molecular complexity index is 318. The molecule has 0 atom stereocenters. The highest BCUT2D eigenvalue weighted by Crippen LogP contribution is 2.49. The van der Waals surface area contributed by atoms with Crippen LogP contribution in [0.1, 0.15) is 30.4 Å². The van der Waals surface area contributed by atoms with Crippen LogP contribution < -0.4 is 5.73 Å². The van der Waals surface area contributed by atoms with E-state index in [-0.39, 0.29) is 0 Å². The number of benzene rings is 1. The van der Waals surface area contributed by atoms with Crippen molar-refractivity contribution >= 4 is 0 Å². The van der Waals surface area contributed by atoms with Crippen molar-refractivity contribution in [3.8, 4) is 0 Å². The molecule has 1 aromatic rings. The Kier molecular flexibility index (Phi) is 2.55. The molecule has 14 heavy (non-hydrogen) atoms. The van der Waals surface area contributed by atoms with Gasteiger partial charge >= 0.3 is 0 Å². The van der Waals surface area contributed by atoms with Crippen LogP contribution in [-0.4, -0.2) is 6.54 Å². The fourth-order valence-electron chi connectivity index (χ4n) is 1.71. The van der Waals surface area contributed by atoms with Crippen LogP contribution >= 0.6 is 0 Å². The van der Waals surface area contributed by atoms with Gasteiger partial charge in [-0.05, 0) is 43.4 Å². The highest BCUT2D eigenvalue weighted by Gasteiger charge is 2.44. The van der Waals surface area contributed by atoms with Crippen molar-refractivity contribution in [3.63, 3.8) is 0 Å². The van der Waals surface area contributed by atoms with Gasteiger partial charge in [-0.2, -0.15) is 0 Å². The zero-order valence-electron chi connectivity index (χ0n) is 8.30. The number of aryl methyl sites for hydroxylation is 1. The summed E-state index contributed by atoms with van der Waals surface area (Å²) in [5, 5.41) is 0. The number of rotatable bonds is 4. The van der Waals surface area contributed by atoms with Crippen LogP contribution in [0.15, 0.2) is 24.3 Å². The van der Waals surface area contributed by atoms with Gasteiger partial charge in [-0.25, -0.2) is 4.39 Å². The van der Waals surface area contributed by atoms with E-state index in [0.717, 1.165) is 18.4 Å². The summed E-state index contributed by atoms with van der Waals surface area (Å²) in [6.07, 6.45) is 3.31. The van der Waals surface area contributed by atoms with Crippen molar-refractivity contribution in [2.24, 2.45) is 5.73 Å². The lowest BCUT2D eigenvalue weighted by atomic mass is 10.0. The largest absolute Gasteiger partial charge is 0.330 e. The highest BCUT2D eigenvalue weighted by atomic mass is 19.1. The van der Waals surface area contributed by atoms with E-state index < -0.39 is 5.67 Å². The molecule has 2 rings (SSSR count). The summed E-state index contributed by atoms with van der Waals surface area (Å²) in [4.78, 5) is 0. The van der Waals surface area contributed by atoms with Crippen molar-refractivity contribution < 1.29 is 4.39 Å². The van der Waals surface area contributed by atoms with Crippen LogP contribution in [0.25, 0.3) is 0 Å². The molecule has 1 fully saturated rings. The minimum Gasteiger partial charge on any atom is -0.330 e. The summed E-state index contributed by atoms with van der Waals surface area (Å²) in [6.45, 7) is 0.699. The molecular weight excluding hydrogens is 177 g/mol. The van der Waals surface area contributed by atoms with Gasteiger partial charge in [-0.15, -0.1) is 0 Å². The fourth-order valence-corrected chi connectivity index (χ4v) is 1.71. The Balaban J connectivity index is 2.11. The summed E-state index contributed by atoms with van der Waals surface area (Å²) in [6, 6.07) is 7.87. The Labute approximate surface area is 84.1 Å². The maximum absolute atomic E-state index is 13.7. The first-order valence-electron chi connectivity index (χ1n) is 5.23. The molecule has 1 aromatic carbocycles. The fraction of sp³-hybridized carbons (Fsp3) is 0.500. The van der Waals surface area contributed by atoms with Crippen LogP contribution in [0.2, 0.25) is 0 Å². The molecule has 0 radical (unpaired) electrons. The molecule has 0 bridgehead atoms. The van der Waals surface area contributed by atoms with Gasteiger partial charge in [-0.3, -0.25) is 0 Å². The standard InChI is InChI=1S/C12H16FN/c13-12(6-7-12)11-5-1-3-10(9-11)4-2-8-14/h1,3,5,9H,2,4,6-8,14H2. The summed E-state index contributed by atoms with van der Waals surface area (Å²) in [5.74, 6) is 0. The van der Waals surface area contributed by atoms with Crippen LogP contribution in [0.4, 0.5) is 4.39 Å². The maximum atomic E-state index is 13.7. The summed E-state index contributed by atoms with van der Waals surface area (Å²) < 4.78 is 13.7. The minimum absolute atomic E-state index is 0.688. The van der Waals surface area contributed by atoms with Gasteiger partial charge in [0.05, 0.1) is 0 Å². The summed E-state index contributed by atoms with van der Waals surface area (Å²) >= 11 is 0. The number of hydrogen-bond donors (Lipinski definition) is 1. The van der Waals surface area contributed by atoms with E-state index in [9.17, 15) is 4.39 Å². The number of hydrogen-bond acceptors (Lipinski definition) is 1. The third-order valence-electron chi connectivity index (χ3n) is 2.80. The first-order chi connectivity index (χ1) is 6.74. The zero-order valence-corrected chi connectivity index (χ0v) is 8.30. The minimum atomic E-state index is -1.00. The van der Waals surface area contributed by atoms with E-state index in [1.54, 1.807) is 0 Å². The quantitative estimate of drug-likeness (QED) is 0.781. The second-order valence-electron chi connectivity index (χ2n) is 4.06. The number of halogens is 1. The molecule has 0 aliphatic heterocycles. The predicted octanol–water partition coefficient (Wildman–Crippen LogP) is 2.54. The maximum Gasteiger partial charge on any atom is 0.136 e. The second kappa shape index (κ2) is 3.70. The Hall–Kier alpha value is -0.890. The van der Waals surface area contributed by atoms with Crippen molar-refractivity contribution in [1.29, 1.82) is 0 Å². The van der Waals surface area contributed by atoms with E-state index in [1.807, 2.05) is 24.3 Å². The molecule has 1 nitrogen and oxygen atoms in total. The van der Waals surface area contributed by atoms with Crippen LogP contribution in [0.5, 0.6) is 0 Å². The molecule has 1 saturated carbocycles. The first kappa shape index (κ1) is 9.66. The molecule has 0 aromatic heterocycles. The van der Waals surface area contributed by atoms with Gasteiger partial charge in [0.25, 0.3) is 0 Å². The number of alkyl halides is 1. The Morgan fingerprint density at radius 3 is 2.79 bits per heavy atom. The van der Waals surface area contributed by atoms with Crippen LogP contribution in [-0.2, 0) is 12.1 Å². The molecule has 0 amide bonds. The van der Waals surface area contributed by atoms with Crippen LogP contribution in [0.3, 0.4) is 0 Å². The average Bonchev–Trinajstić information content (AvgIpc) is 2.95.